The van der Waals surface area contributed by atoms with Gasteiger partial charge in [-0.05, 0) is 51.0 Å². The largest absolute Gasteiger partial charge is 0.338 e. The molecule has 0 aliphatic carbocycles. The van der Waals surface area contributed by atoms with Crippen LogP contribution in [0, 0.1) is 13.8 Å². The number of aromatic nitrogens is 1. The zero-order valence-electron chi connectivity index (χ0n) is 13.6. The van der Waals surface area contributed by atoms with E-state index in [1.807, 2.05) is 49.1 Å². The van der Waals surface area contributed by atoms with Crippen LogP contribution in [0.2, 0.25) is 5.02 Å². The summed E-state index contributed by atoms with van der Waals surface area (Å²) in [5.41, 5.74) is 4.99. The van der Waals surface area contributed by atoms with Crippen molar-refractivity contribution in [2.75, 3.05) is 13.1 Å². The van der Waals surface area contributed by atoms with Gasteiger partial charge in [-0.3, -0.25) is 4.79 Å². The monoisotopic (exact) mass is 328 g/mol. The molecule has 1 aliphatic heterocycles. The van der Waals surface area contributed by atoms with Crippen LogP contribution in [-0.4, -0.2) is 28.5 Å². The molecule has 2 aromatic rings. The molecule has 3 rings (SSSR count). The van der Waals surface area contributed by atoms with Gasteiger partial charge in [-0.15, -0.1) is 0 Å². The SMILES string of the molecule is C=C1CCN(C(=O)c2cc(C)n(-c3cccc(Cl)c3)c2C)CC1. The van der Waals surface area contributed by atoms with Gasteiger partial charge >= 0.3 is 0 Å². The molecule has 1 aliphatic rings. The van der Waals surface area contributed by atoms with Crippen molar-refractivity contribution in [3.05, 3.63) is 64.5 Å². The van der Waals surface area contributed by atoms with Gasteiger partial charge in [0.05, 0.1) is 5.56 Å². The van der Waals surface area contributed by atoms with Gasteiger partial charge in [0.25, 0.3) is 5.91 Å². The van der Waals surface area contributed by atoms with Crippen LogP contribution in [-0.2, 0) is 0 Å². The second kappa shape index (κ2) is 6.25. The van der Waals surface area contributed by atoms with E-state index in [0.717, 1.165) is 48.6 Å². The predicted octanol–water partition coefficient (Wildman–Crippen LogP) is 4.54. The van der Waals surface area contributed by atoms with E-state index in [4.69, 9.17) is 11.6 Å². The normalized spacial score (nSPS) is 15.1. The minimum atomic E-state index is 0.110. The number of benzene rings is 1. The van der Waals surface area contributed by atoms with Gasteiger partial charge in [0.15, 0.2) is 0 Å². The summed E-state index contributed by atoms with van der Waals surface area (Å²) < 4.78 is 2.09. The summed E-state index contributed by atoms with van der Waals surface area (Å²) in [5, 5.41) is 0.692. The minimum Gasteiger partial charge on any atom is -0.338 e. The summed E-state index contributed by atoms with van der Waals surface area (Å²) in [7, 11) is 0. The van der Waals surface area contributed by atoms with Crippen molar-refractivity contribution in [2.45, 2.75) is 26.7 Å². The molecule has 1 fully saturated rings. The molecule has 1 aromatic heterocycles. The number of likely N-dealkylation sites (tertiary alicyclic amines) is 1. The van der Waals surface area contributed by atoms with E-state index in [0.29, 0.717) is 5.02 Å². The third-order valence-corrected chi connectivity index (χ3v) is 4.72. The second-order valence-electron chi connectivity index (χ2n) is 6.14. The van der Waals surface area contributed by atoms with Crippen LogP contribution in [0.3, 0.4) is 0 Å². The Balaban J connectivity index is 1.94. The quantitative estimate of drug-likeness (QED) is 0.743. The molecular weight excluding hydrogens is 308 g/mol. The van der Waals surface area contributed by atoms with Crippen molar-refractivity contribution >= 4 is 17.5 Å². The summed E-state index contributed by atoms with van der Waals surface area (Å²) >= 11 is 6.11. The van der Waals surface area contributed by atoms with Gasteiger partial charge in [0.1, 0.15) is 0 Å². The van der Waals surface area contributed by atoms with Crippen LogP contribution in [0.15, 0.2) is 42.5 Å². The maximum atomic E-state index is 12.8. The molecule has 0 radical (unpaired) electrons. The van der Waals surface area contributed by atoms with Gasteiger partial charge in [0, 0.05) is 35.2 Å². The molecule has 1 aromatic carbocycles. The summed E-state index contributed by atoms with van der Waals surface area (Å²) in [6, 6.07) is 9.67. The summed E-state index contributed by atoms with van der Waals surface area (Å²) in [6.07, 6.45) is 1.80. The molecular formula is C19H21ClN2O. The van der Waals surface area contributed by atoms with Crippen molar-refractivity contribution in [1.29, 1.82) is 0 Å². The van der Waals surface area contributed by atoms with E-state index < -0.39 is 0 Å². The number of rotatable bonds is 2. The van der Waals surface area contributed by atoms with Gasteiger partial charge in [0.2, 0.25) is 0 Å². The topological polar surface area (TPSA) is 25.2 Å². The van der Waals surface area contributed by atoms with Crippen molar-refractivity contribution in [1.82, 2.24) is 9.47 Å². The molecule has 23 heavy (non-hydrogen) atoms. The highest BCUT2D eigenvalue weighted by Gasteiger charge is 2.23. The minimum absolute atomic E-state index is 0.110. The summed E-state index contributed by atoms with van der Waals surface area (Å²) in [5.74, 6) is 0.110. The van der Waals surface area contributed by atoms with E-state index in [1.54, 1.807) is 0 Å². The number of halogens is 1. The number of piperidine rings is 1. The van der Waals surface area contributed by atoms with Crippen LogP contribution in [0.4, 0.5) is 0 Å². The van der Waals surface area contributed by atoms with Crippen LogP contribution in [0.25, 0.3) is 5.69 Å². The van der Waals surface area contributed by atoms with Gasteiger partial charge in [-0.25, -0.2) is 0 Å². The highest BCUT2D eigenvalue weighted by Crippen LogP contribution is 2.25. The summed E-state index contributed by atoms with van der Waals surface area (Å²) in [6.45, 7) is 9.54. The lowest BCUT2D eigenvalue weighted by atomic mass is 10.0. The maximum Gasteiger partial charge on any atom is 0.255 e. The Labute approximate surface area is 142 Å². The fourth-order valence-electron chi connectivity index (χ4n) is 3.19. The average Bonchev–Trinajstić information content (AvgIpc) is 2.82. The molecule has 3 nitrogen and oxygen atoms in total. The van der Waals surface area contributed by atoms with E-state index in [2.05, 4.69) is 11.1 Å². The van der Waals surface area contributed by atoms with E-state index in [1.165, 1.54) is 5.57 Å². The smallest absolute Gasteiger partial charge is 0.255 e. The van der Waals surface area contributed by atoms with Crippen LogP contribution >= 0.6 is 11.6 Å². The summed E-state index contributed by atoms with van der Waals surface area (Å²) in [4.78, 5) is 14.8. The first-order valence-corrected chi connectivity index (χ1v) is 8.26. The van der Waals surface area contributed by atoms with E-state index in [9.17, 15) is 4.79 Å². The third-order valence-electron chi connectivity index (χ3n) is 4.49. The van der Waals surface area contributed by atoms with E-state index in [-0.39, 0.29) is 5.91 Å². The number of amides is 1. The van der Waals surface area contributed by atoms with Crippen LogP contribution < -0.4 is 0 Å². The average molecular weight is 329 g/mol. The predicted molar refractivity (Wildman–Crippen MR) is 94.5 cm³/mol. The molecule has 2 heterocycles. The Hall–Kier alpha value is -2.00. The van der Waals surface area contributed by atoms with Gasteiger partial charge in [-0.2, -0.15) is 0 Å². The lowest BCUT2D eigenvalue weighted by Gasteiger charge is -2.28. The Morgan fingerprint density at radius 2 is 1.87 bits per heavy atom. The second-order valence-corrected chi connectivity index (χ2v) is 6.58. The molecule has 0 spiro atoms. The highest BCUT2D eigenvalue weighted by molar-refractivity contribution is 6.30. The van der Waals surface area contributed by atoms with Crippen molar-refractivity contribution in [2.24, 2.45) is 0 Å². The number of hydrogen-bond donors (Lipinski definition) is 0. The molecule has 0 bridgehead atoms. The molecule has 4 heteroatoms. The van der Waals surface area contributed by atoms with E-state index >= 15 is 0 Å². The number of carbonyl (C=O) groups is 1. The standard InChI is InChI=1S/C19H21ClN2O/c1-13-7-9-21(10-8-13)19(23)18-11-14(2)22(15(18)3)17-6-4-5-16(20)12-17/h4-6,11-12H,1,7-10H2,2-3H3. The van der Waals surface area contributed by atoms with Crippen molar-refractivity contribution in [3.63, 3.8) is 0 Å². The highest BCUT2D eigenvalue weighted by atomic mass is 35.5. The Morgan fingerprint density at radius 1 is 1.17 bits per heavy atom. The molecule has 0 unspecified atom stereocenters. The third kappa shape index (κ3) is 3.06. The lowest BCUT2D eigenvalue weighted by Crippen LogP contribution is -2.36. The lowest BCUT2D eigenvalue weighted by molar-refractivity contribution is 0.0743. The Kier molecular flexibility index (Phi) is 4.31. The number of aryl methyl sites for hydroxylation is 1. The van der Waals surface area contributed by atoms with Gasteiger partial charge < -0.3 is 9.47 Å². The number of carbonyl (C=O) groups excluding carboxylic acids is 1. The molecule has 1 amide bonds. The maximum absolute atomic E-state index is 12.8. The van der Waals surface area contributed by atoms with Crippen LogP contribution in [0.1, 0.15) is 34.6 Å². The zero-order chi connectivity index (χ0) is 16.6. The zero-order valence-corrected chi connectivity index (χ0v) is 14.4. The number of nitrogens with zero attached hydrogens (tertiary/aromatic N) is 2. The first-order chi connectivity index (χ1) is 11.0. The molecule has 0 atom stereocenters. The molecule has 0 N–H and O–H groups in total. The molecule has 120 valence electrons. The number of hydrogen-bond acceptors (Lipinski definition) is 1. The first kappa shape index (κ1) is 15.9. The Bertz CT molecular complexity index is 766. The first-order valence-electron chi connectivity index (χ1n) is 7.88. The molecule has 0 saturated carbocycles. The van der Waals surface area contributed by atoms with Crippen molar-refractivity contribution < 1.29 is 4.79 Å². The van der Waals surface area contributed by atoms with Crippen LogP contribution in [0.5, 0.6) is 0 Å². The fraction of sp³-hybridized carbons (Fsp3) is 0.316. The van der Waals surface area contributed by atoms with Crippen molar-refractivity contribution in [3.8, 4) is 5.69 Å². The molecule has 1 saturated heterocycles. The fourth-order valence-corrected chi connectivity index (χ4v) is 3.37. The van der Waals surface area contributed by atoms with Gasteiger partial charge in [-0.1, -0.05) is 29.8 Å². The Morgan fingerprint density at radius 3 is 2.52 bits per heavy atom.